The highest BCUT2D eigenvalue weighted by molar-refractivity contribution is 5.46. The second-order valence-corrected chi connectivity index (χ2v) is 5.78. The van der Waals surface area contributed by atoms with Crippen LogP contribution in [0.15, 0.2) is 36.4 Å². The van der Waals surface area contributed by atoms with Crippen LogP contribution in [0.25, 0.3) is 0 Å². The smallest absolute Gasteiger partial charge is 0.123 e. The summed E-state index contributed by atoms with van der Waals surface area (Å²) in [7, 11) is 0. The molecule has 0 aromatic heterocycles. The fourth-order valence-corrected chi connectivity index (χ4v) is 3.12. The number of nitrogens with two attached hydrogens (primary N) is 1. The van der Waals surface area contributed by atoms with E-state index in [0.29, 0.717) is 0 Å². The number of benzene rings is 2. The van der Waals surface area contributed by atoms with E-state index in [0.717, 1.165) is 12.2 Å². The molecule has 1 aliphatic heterocycles. The Kier molecular flexibility index (Phi) is 3.27. The van der Waals surface area contributed by atoms with E-state index in [2.05, 4.69) is 57.2 Å². The third-order valence-corrected chi connectivity index (χ3v) is 4.13. The molecule has 2 atom stereocenters. The van der Waals surface area contributed by atoms with Crippen molar-refractivity contribution < 1.29 is 4.74 Å². The Morgan fingerprint density at radius 1 is 1.15 bits per heavy atom. The topological polar surface area (TPSA) is 35.2 Å². The minimum atomic E-state index is -0.0718. The van der Waals surface area contributed by atoms with Gasteiger partial charge in [-0.2, -0.15) is 0 Å². The first-order valence-corrected chi connectivity index (χ1v) is 7.17. The molecule has 2 N–H and O–H groups in total. The summed E-state index contributed by atoms with van der Waals surface area (Å²) in [6.07, 6.45) is 1.25. The SMILES string of the molecule is Cc1cccc(C)c1C(N)c1ccc2c(c1)CC(C)O2. The lowest BCUT2D eigenvalue weighted by Gasteiger charge is -2.18. The molecule has 2 nitrogen and oxygen atoms in total. The maximum atomic E-state index is 6.51. The highest BCUT2D eigenvalue weighted by atomic mass is 16.5. The first kappa shape index (κ1) is 13.2. The lowest BCUT2D eigenvalue weighted by molar-refractivity contribution is 0.254. The average Bonchev–Trinajstić information content (AvgIpc) is 2.77. The maximum Gasteiger partial charge on any atom is 0.123 e. The lowest BCUT2D eigenvalue weighted by Crippen LogP contribution is -2.15. The van der Waals surface area contributed by atoms with Gasteiger partial charge in [0.15, 0.2) is 0 Å². The zero-order valence-corrected chi connectivity index (χ0v) is 12.3. The van der Waals surface area contributed by atoms with Crippen molar-refractivity contribution in [3.05, 3.63) is 64.2 Å². The molecule has 2 aromatic carbocycles. The normalized spacial score (nSPS) is 18.5. The lowest BCUT2D eigenvalue weighted by atomic mass is 9.91. The summed E-state index contributed by atoms with van der Waals surface area (Å²) in [4.78, 5) is 0. The van der Waals surface area contributed by atoms with Crippen molar-refractivity contribution in [2.75, 3.05) is 0 Å². The fraction of sp³-hybridized carbons (Fsp3) is 0.333. The fourth-order valence-electron chi connectivity index (χ4n) is 3.12. The quantitative estimate of drug-likeness (QED) is 0.901. The van der Waals surface area contributed by atoms with Crippen molar-refractivity contribution >= 4 is 0 Å². The van der Waals surface area contributed by atoms with Crippen molar-refractivity contribution in [1.29, 1.82) is 0 Å². The first-order chi connectivity index (χ1) is 9.56. The van der Waals surface area contributed by atoms with Gasteiger partial charge in [0.05, 0.1) is 6.04 Å². The molecular weight excluding hydrogens is 246 g/mol. The van der Waals surface area contributed by atoms with Gasteiger partial charge >= 0.3 is 0 Å². The minimum absolute atomic E-state index is 0.0718. The van der Waals surface area contributed by atoms with E-state index in [1.165, 1.54) is 27.8 Å². The summed E-state index contributed by atoms with van der Waals surface area (Å²) >= 11 is 0. The van der Waals surface area contributed by atoms with Crippen molar-refractivity contribution in [3.63, 3.8) is 0 Å². The molecule has 104 valence electrons. The zero-order valence-electron chi connectivity index (χ0n) is 12.3. The van der Waals surface area contributed by atoms with Gasteiger partial charge in [-0.15, -0.1) is 0 Å². The number of rotatable bonds is 2. The van der Waals surface area contributed by atoms with Gasteiger partial charge in [-0.1, -0.05) is 30.3 Å². The molecule has 0 spiro atoms. The highest BCUT2D eigenvalue weighted by Gasteiger charge is 2.21. The molecule has 0 saturated heterocycles. The Bertz CT molecular complexity index is 628. The summed E-state index contributed by atoms with van der Waals surface area (Å²) in [5, 5.41) is 0. The molecule has 0 aliphatic carbocycles. The van der Waals surface area contributed by atoms with Gasteiger partial charge in [-0.3, -0.25) is 0 Å². The second-order valence-electron chi connectivity index (χ2n) is 5.78. The van der Waals surface area contributed by atoms with Gasteiger partial charge in [0.2, 0.25) is 0 Å². The zero-order chi connectivity index (χ0) is 14.3. The maximum absolute atomic E-state index is 6.51. The summed E-state index contributed by atoms with van der Waals surface area (Å²) in [5.74, 6) is 1.01. The summed E-state index contributed by atoms with van der Waals surface area (Å²) in [5.41, 5.74) is 12.7. The van der Waals surface area contributed by atoms with Gasteiger partial charge in [0.25, 0.3) is 0 Å². The molecule has 20 heavy (non-hydrogen) atoms. The van der Waals surface area contributed by atoms with Crippen LogP contribution >= 0.6 is 0 Å². The van der Waals surface area contributed by atoms with E-state index in [1.54, 1.807) is 0 Å². The van der Waals surface area contributed by atoms with Crippen LogP contribution in [0.3, 0.4) is 0 Å². The molecule has 3 rings (SSSR count). The minimum Gasteiger partial charge on any atom is -0.490 e. The van der Waals surface area contributed by atoms with Crippen LogP contribution in [0, 0.1) is 13.8 Å². The number of hydrogen-bond acceptors (Lipinski definition) is 2. The van der Waals surface area contributed by atoms with Crippen molar-refractivity contribution in [2.24, 2.45) is 5.73 Å². The third kappa shape index (κ3) is 2.20. The average molecular weight is 267 g/mol. The van der Waals surface area contributed by atoms with Crippen molar-refractivity contribution in [1.82, 2.24) is 0 Å². The van der Waals surface area contributed by atoms with Crippen LogP contribution in [-0.2, 0) is 6.42 Å². The molecule has 2 heteroatoms. The third-order valence-electron chi connectivity index (χ3n) is 4.13. The Hall–Kier alpha value is -1.80. The number of fused-ring (bicyclic) bond motifs is 1. The molecule has 0 bridgehead atoms. The molecule has 0 radical (unpaired) electrons. The largest absolute Gasteiger partial charge is 0.490 e. The van der Waals surface area contributed by atoms with E-state index in [-0.39, 0.29) is 12.1 Å². The Morgan fingerprint density at radius 2 is 1.85 bits per heavy atom. The molecular formula is C18H21NO. The highest BCUT2D eigenvalue weighted by Crippen LogP contribution is 2.33. The molecule has 0 amide bonds. The van der Waals surface area contributed by atoms with Crippen LogP contribution < -0.4 is 10.5 Å². The van der Waals surface area contributed by atoms with Gasteiger partial charge in [0.1, 0.15) is 11.9 Å². The number of aryl methyl sites for hydroxylation is 2. The molecule has 2 aromatic rings. The van der Waals surface area contributed by atoms with Gasteiger partial charge in [-0.05, 0) is 54.7 Å². The molecule has 1 aliphatic rings. The second kappa shape index (κ2) is 4.95. The number of ether oxygens (including phenoxy) is 1. The Labute approximate surface area is 120 Å². The van der Waals surface area contributed by atoms with Crippen LogP contribution in [0.2, 0.25) is 0 Å². The van der Waals surface area contributed by atoms with Crippen molar-refractivity contribution in [2.45, 2.75) is 39.3 Å². The predicted molar refractivity (Wildman–Crippen MR) is 82.2 cm³/mol. The van der Waals surface area contributed by atoms with E-state index in [1.807, 2.05) is 0 Å². The van der Waals surface area contributed by atoms with E-state index in [4.69, 9.17) is 10.5 Å². The van der Waals surface area contributed by atoms with Crippen LogP contribution in [0.1, 0.15) is 40.8 Å². The first-order valence-electron chi connectivity index (χ1n) is 7.17. The molecule has 0 fully saturated rings. The molecule has 1 heterocycles. The number of hydrogen-bond donors (Lipinski definition) is 1. The summed E-state index contributed by atoms with van der Waals surface area (Å²) in [6, 6.07) is 12.6. The van der Waals surface area contributed by atoms with Gasteiger partial charge in [-0.25, -0.2) is 0 Å². The van der Waals surface area contributed by atoms with Crippen LogP contribution in [0.4, 0.5) is 0 Å². The standard InChI is InChI=1S/C18H21NO/c1-11-5-4-6-12(2)17(11)18(19)14-7-8-16-15(10-14)9-13(3)20-16/h4-8,10,13,18H,9,19H2,1-3H3. The molecule has 0 saturated carbocycles. The van der Waals surface area contributed by atoms with E-state index in [9.17, 15) is 0 Å². The van der Waals surface area contributed by atoms with Crippen molar-refractivity contribution in [3.8, 4) is 5.75 Å². The van der Waals surface area contributed by atoms with Gasteiger partial charge in [0, 0.05) is 6.42 Å². The van der Waals surface area contributed by atoms with Crippen LogP contribution in [0.5, 0.6) is 5.75 Å². The van der Waals surface area contributed by atoms with Gasteiger partial charge < -0.3 is 10.5 Å². The summed E-state index contributed by atoms with van der Waals surface area (Å²) < 4.78 is 5.75. The molecule has 2 unspecified atom stereocenters. The van der Waals surface area contributed by atoms with E-state index < -0.39 is 0 Å². The van der Waals surface area contributed by atoms with E-state index >= 15 is 0 Å². The summed E-state index contributed by atoms with van der Waals surface area (Å²) in [6.45, 7) is 6.35. The van der Waals surface area contributed by atoms with Crippen LogP contribution in [-0.4, -0.2) is 6.10 Å². The Balaban J connectivity index is 2.00. The predicted octanol–water partition coefficient (Wildman–Crippen LogP) is 3.67. The Morgan fingerprint density at radius 3 is 2.55 bits per heavy atom. The monoisotopic (exact) mass is 267 g/mol.